The number of aliphatic hydroxyl groups excluding tert-OH is 1. The van der Waals surface area contributed by atoms with Crippen LogP contribution < -0.4 is 0 Å². The largest absolute Gasteiger partial charge is 0.472 e. The van der Waals surface area contributed by atoms with Gasteiger partial charge in [-0.05, 0) is 37.5 Å². The summed E-state index contributed by atoms with van der Waals surface area (Å²) in [5.41, 5.74) is 0. The maximum atomic E-state index is 13.1. The summed E-state index contributed by atoms with van der Waals surface area (Å²) in [7, 11) is -9.91. The quantitative estimate of drug-likeness (QED) is 0.0222. The SMILES string of the molecule is CCCCCCCCCCCCCCC(=O)O[C@H](COC(=O)CCCCCCCCCCCCC)COP(=O)(O)OC[C@H](O)COP(=O)(O)OC[C@@H](COC(=O)CCCCCCCCCCCCCCC(C)C)OC(=O)CCCCCCCCCCCCCCCC(C)C. The molecule has 2 unspecified atom stereocenters. The van der Waals surface area contributed by atoms with Crippen LogP contribution in [0.5, 0.6) is 0 Å². The number of hydrogen-bond donors (Lipinski definition) is 3. The molecular weight excluding hydrogens is 1230 g/mol. The van der Waals surface area contributed by atoms with E-state index >= 15 is 0 Å². The number of unbranched alkanes of at least 4 members (excludes halogenated alkanes) is 44. The minimum Gasteiger partial charge on any atom is -0.462 e. The molecule has 0 fully saturated rings. The van der Waals surface area contributed by atoms with Crippen molar-refractivity contribution in [2.75, 3.05) is 39.6 Å². The molecule has 0 rings (SSSR count). The van der Waals surface area contributed by atoms with Crippen molar-refractivity contribution in [3.63, 3.8) is 0 Å². The molecule has 558 valence electrons. The summed E-state index contributed by atoms with van der Waals surface area (Å²) in [5.74, 6) is -0.546. The zero-order valence-corrected chi connectivity index (χ0v) is 63.1. The van der Waals surface area contributed by atoms with Crippen molar-refractivity contribution in [2.24, 2.45) is 11.8 Å². The van der Waals surface area contributed by atoms with E-state index in [0.29, 0.717) is 25.7 Å². The molecule has 94 heavy (non-hydrogen) atoms. The van der Waals surface area contributed by atoms with Gasteiger partial charge in [0, 0.05) is 25.7 Å². The second-order valence-corrected chi connectivity index (χ2v) is 30.9. The lowest BCUT2D eigenvalue weighted by atomic mass is 10.0. The highest BCUT2D eigenvalue weighted by Crippen LogP contribution is 2.45. The number of aliphatic hydroxyl groups is 1. The van der Waals surface area contributed by atoms with Gasteiger partial charge >= 0.3 is 39.5 Å². The summed E-state index contributed by atoms with van der Waals surface area (Å²) in [6.07, 6.45) is 53.9. The molecule has 0 aromatic carbocycles. The highest BCUT2D eigenvalue weighted by atomic mass is 31.2. The lowest BCUT2D eigenvalue weighted by Crippen LogP contribution is -2.30. The third kappa shape index (κ3) is 68.6. The number of ether oxygens (including phenoxy) is 4. The van der Waals surface area contributed by atoms with Gasteiger partial charge in [-0.25, -0.2) is 9.13 Å². The Morgan fingerprint density at radius 2 is 0.489 bits per heavy atom. The number of phosphoric acid groups is 2. The minimum absolute atomic E-state index is 0.107. The lowest BCUT2D eigenvalue weighted by Gasteiger charge is -2.21. The topological polar surface area (TPSA) is 237 Å². The van der Waals surface area contributed by atoms with E-state index in [-0.39, 0.29) is 25.7 Å². The fourth-order valence-corrected chi connectivity index (χ4v) is 13.1. The van der Waals surface area contributed by atoms with E-state index in [1.165, 1.54) is 205 Å². The summed E-state index contributed by atoms with van der Waals surface area (Å²) in [5, 5.41) is 10.6. The summed E-state index contributed by atoms with van der Waals surface area (Å²) >= 11 is 0. The van der Waals surface area contributed by atoms with Gasteiger partial charge in [0.2, 0.25) is 0 Å². The van der Waals surface area contributed by atoms with Crippen LogP contribution in [-0.2, 0) is 65.4 Å². The van der Waals surface area contributed by atoms with Crippen LogP contribution in [0.25, 0.3) is 0 Å². The smallest absolute Gasteiger partial charge is 0.462 e. The molecule has 17 nitrogen and oxygen atoms in total. The molecule has 0 aliphatic rings. The van der Waals surface area contributed by atoms with Gasteiger partial charge in [0.25, 0.3) is 0 Å². The summed E-state index contributed by atoms with van der Waals surface area (Å²) < 4.78 is 68.5. The molecular formula is C75H146O17P2. The van der Waals surface area contributed by atoms with Crippen LogP contribution in [0.1, 0.15) is 388 Å². The standard InChI is InChI=1S/C75H146O17P2/c1-7-9-11-13-15-17-19-28-35-41-47-53-59-74(79)91-70(63-85-72(77)57-51-45-39-33-25-18-16-14-12-10-8-2)65-89-93(81,82)87-61-69(76)62-88-94(83,84)90-66-71(64-86-73(78)58-52-46-40-34-29-24-23-27-32-38-44-50-56-68(5)6)92-75(80)60-54-48-42-36-30-22-20-21-26-31-37-43-49-55-67(3)4/h67-71,76H,7-66H2,1-6H3,(H,81,82)(H,83,84)/t69-,70+,71+/m0/s1. The summed E-state index contributed by atoms with van der Waals surface area (Å²) in [6, 6.07) is 0. The average molecular weight is 1380 g/mol. The van der Waals surface area contributed by atoms with Crippen LogP contribution in [0.2, 0.25) is 0 Å². The summed E-state index contributed by atoms with van der Waals surface area (Å²) in [6.45, 7) is 9.62. The third-order valence-corrected chi connectivity index (χ3v) is 19.4. The maximum absolute atomic E-state index is 13.1. The monoisotopic (exact) mass is 1380 g/mol. The molecule has 0 saturated heterocycles. The Morgan fingerprint density at radius 1 is 0.287 bits per heavy atom. The van der Waals surface area contributed by atoms with Crippen molar-refractivity contribution >= 4 is 39.5 Å². The Morgan fingerprint density at radius 3 is 0.723 bits per heavy atom. The summed E-state index contributed by atoms with van der Waals surface area (Å²) in [4.78, 5) is 72.8. The van der Waals surface area contributed by atoms with Crippen LogP contribution in [0, 0.1) is 11.8 Å². The molecule has 0 amide bonds. The number of rotatable bonds is 74. The molecule has 19 heteroatoms. The second kappa shape index (κ2) is 66.9. The van der Waals surface area contributed by atoms with E-state index < -0.39 is 97.5 Å². The van der Waals surface area contributed by atoms with Gasteiger partial charge < -0.3 is 33.8 Å². The molecule has 0 aliphatic heterocycles. The van der Waals surface area contributed by atoms with Gasteiger partial charge in [-0.2, -0.15) is 0 Å². The van der Waals surface area contributed by atoms with Crippen LogP contribution in [0.15, 0.2) is 0 Å². The van der Waals surface area contributed by atoms with Gasteiger partial charge in [0.05, 0.1) is 26.4 Å². The van der Waals surface area contributed by atoms with Crippen molar-refractivity contribution in [1.29, 1.82) is 0 Å². The van der Waals surface area contributed by atoms with Crippen molar-refractivity contribution in [1.82, 2.24) is 0 Å². The molecule has 0 aromatic heterocycles. The van der Waals surface area contributed by atoms with E-state index in [4.69, 9.17) is 37.0 Å². The first kappa shape index (κ1) is 92.1. The molecule has 0 bridgehead atoms. The first-order chi connectivity index (χ1) is 45.4. The van der Waals surface area contributed by atoms with E-state index in [0.717, 1.165) is 102 Å². The molecule has 0 aliphatic carbocycles. The number of hydrogen-bond acceptors (Lipinski definition) is 15. The Labute approximate surface area is 575 Å². The molecule has 5 atom stereocenters. The normalized spacial score (nSPS) is 14.0. The van der Waals surface area contributed by atoms with Gasteiger partial charge in [0.15, 0.2) is 12.2 Å². The van der Waals surface area contributed by atoms with Crippen molar-refractivity contribution in [3.05, 3.63) is 0 Å². The van der Waals surface area contributed by atoms with Gasteiger partial charge in [-0.1, -0.05) is 337 Å². The molecule has 0 heterocycles. The molecule has 0 spiro atoms. The van der Waals surface area contributed by atoms with Crippen molar-refractivity contribution in [3.8, 4) is 0 Å². The highest BCUT2D eigenvalue weighted by molar-refractivity contribution is 7.47. The zero-order valence-electron chi connectivity index (χ0n) is 61.3. The Bertz CT molecular complexity index is 1820. The highest BCUT2D eigenvalue weighted by Gasteiger charge is 2.30. The predicted molar refractivity (Wildman–Crippen MR) is 381 cm³/mol. The van der Waals surface area contributed by atoms with Crippen LogP contribution in [0.3, 0.4) is 0 Å². The lowest BCUT2D eigenvalue weighted by molar-refractivity contribution is -0.161. The van der Waals surface area contributed by atoms with Gasteiger partial charge in [-0.15, -0.1) is 0 Å². The molecule has 0 aromatic rings. The second-order valence-electron chi connectivity index (χ2n) is 28.0. The molecule has 3 N–H and O–H groups in total. The van der Waals surface area contributed by atoms with E-state index in [2.05, 4.69) is 41.5 Å². The minimum atomic E-state index is -4.96. The van der Waals surface area contributed by atoms with E-state index in [1.807, 2.05) is 0 Å². The number of carbonyl (C=O) groups excluding carboxylic acids is 4. The number of esters is 4. The molecule has 0 radical (unpaired) electrons. The first-order valence-electron chi connectivity index (χ1n) is 39.0. The zero-order chi connectivity index (χ0) is 69.3. The van der Waals surface area contributed by atoms with Crippen molar-refractivity contribution in [2.45, 2.75) is 407 Å². The first-order valence-corrected chi connectivity index (χ1v) is 42.0. The van der Waals surface area contributed by atoms with E-state index in [9.17, 15) is 43.2 Å². The third-order valence-electron chi connectivity index (χ3n) is 17.5. The van der Waals surface area contributed by atoms with Crippen LogP contribution in [0.4, 0.5) is 0 Å². The molecule has 0 saturated carbocycles. The predicted octanol–water partition coefficient (Wildman–Crippen LogP) is 21.9. The van der Waals surface area contributed by atoms with Crippen molar-refractivity contribution < 1.29 is 80.2 Å². The Balaban J connectivity index is 5.25. The average Bonchev–Trinajstić information content (AvgIpc) is 3.66. The van der Waals surface area contributed by atoms with E-state index in [1.54, 1.807) is 0 Å². The Hall–Kier alpha value is -1.94. The number of carbonyl (C=O) groups is 4. The van der Waals surface area contributed by atoms with Crippen LogP contribution >= 0.6 is 15.6 Å². The Kier molecular flexibility index (Phi) is 65.5. The van der Waals surface area contributed by atoms with Gasteiger partial charge in [0.1, 0.15) is 19.3 Å². The maximum Gasteiger partial charge on any atom is 0.472 e. The van der Waals surface area contributed by atoms with Gasteiger partial charge in [-0.3, -0.25) is 37.3 Å². The fourth-order valence-electron chi connectivity index (χ4n) is 11.5. The fraction of sp³-hybridized carbons (Fsp3) is 0.947. The number of phosphoric ester groups is 2. The van der Waals surface area contributed by atoms with Crippen LogP contribution in [-0.4, -0.2) is 96.7 Å².